The van der Waals surface area contributed by atoms with Gasteiger partial charge < -0.3 is 29.6 Å². The molecular formula is C26H30N6O3. The second-order valence-corrected chi connectivity index (χ2v) is 8.74. The molecule has 2 atom stereocenters. The number of imidazole rings is 1. The summed E-state index contributed by atoms with van der Waals surface area (Å²) in [5.41, 5.74) is 4.52. The summed E-state index contributed by atoms with van der Waals surface area (Å²) in [6, 6.07) is 11.9. The molecule has 0 aliphatic carbocycles. The number of ether oxygens (including phenoxy) is 2. The smallest absolute Gasteiger partial charge is 0.162 e. The molecule has 5 rings (SSSR count). The molecule has 3 aromatic heterocycles. The van der Waals surface area contributed by atoms with Gasteiger partial charge in [0.25, 0.3) is 0 Å². The van der Waals surface area contributed by atoms with E-state index in [2.05, 4.69) is 15.6 Å². The Hall–Kier alpha value is -3.53. The minimum Gasteiger partial charge on any atom is -0.491 e. The summed E-state index contributed by atoms with van der Waals surface area (Å²) < 4.78 is 13.4. The molecule has 1 aromatic carbocycles. The number of aliphatic hydroxyl groups is 1. The number of nitrogens with zero attached hydrogens (tertiary/aromatic N) is 4. The standard InChI is InChI=1S/C26H30N6O3/c1-17-24(19-6-7-23-28-9-10-32(23)14-19)30-26(31-25(17)29-20-8-11-34-15-20)18-4-3-5-22(12-18)35-16-21(33)13-27-2/h3-7,9-10,12,14,20-21,27,33H,8,11,13,15-16H2,1-2H3,(H,29,30,31)/t20-,21?/m1/s1. The van der Waals surface area contributed by atoms with Gasteiger partial charge in [0.15, 0.2) is 5.82 Å². The van der Waals surface area contributed by atoms with Crippen molar-refractivity contribution in [3.63, 3.8) is 0 Å². The molecule has 1 saturated heterocycles. The summed E-state index contributed by atoms with van der Waals surface area (Å²) in [7, 11) is 1.80. The maximum Gasteiger partial charge on any atom is 0.162 e. The minimum absolute atomic E-state index is 0.198. The van der Waals surface area contributed by atoms with Gasteiger partial charge in [0, 0.05) is 48.4 Å². The van der Waals surface area contributed by atoms with Gasteiger partial charge in [0.2, 0.25) is 0 Å². The molecule has 3 N–H and O–H groups in total. The number of aromatic nitrogens is 4. The summed E-state index contributed by atoms with van der Waals surface area (Å²) >= 11 is 0. The van der Waals surface area contributed by atoms with Crippen molar-refractivity contribution in [3.05, 3.63) is 60.6 Å². The molecule has 9 heteroatoms. The van der Waals surface area contributed by atoms with Crippen LogP contribution >= 0.6 is 0 Å². The third-order valence-electron chi connectivity index (χ3n) is 6.05. The van der Waals surface area contributed by atoms with Gasteiger partial charge >= 0.3 is 0 Å². The largest absolute Gasteiger partial charge is 0.491 e. The van der Waals surface area contributed by atoms with Gasteiger partial charge in [-0.2, -0.15) is 0 Å². The molecule has 0 radical (unpaired) electrons. The first-order chi connectivity index (χ1) is 17.1. The van der Waals surface area contributed by atoms with Crippen LogP contribution in [-0.4, -0.2) is 70.0 Å². The predicted molar refractivity (Wildman–Crippen MR) is 135 cm³/mol. The van der Waals surface area contributed by atoms with Crippen LogP contribution in [0.5, 0.6) is 5.75 Å². The molecule has 0 amide bonds. The zero-order valence-electron chi connectivity index (χ0n) is 19.9. The second-order valence-electron chi connectivity index (χ2n) is 8.74. The predicted octanol–water partition coefficient (Wildman–Crippen LogP) is 2.93. The molecule has 1 aliphatic heterocycles. The van der Waals surface area contributed by atoms with Gasteiger partial charge in [0.05, 0.1) is 18.3 Å². The number of hydrogen-bond donors (Lipinski definition) is 3. The van der Waals surface area contributed by atoms with Crippen molar-refractivity contribution in [3.8, 4) is 28.4 Å². The second kappa shape index (κ2) is 10.4. The fraction of sp³-hybridized carbons (Fsp3) is 0.346. The fourth-order valence-electron chi connectivity index (χ4n) is 4.18. The third-order valence-corrected chi connectivity index (χ3v) is 6.05. The molecule has 4 heterocycles. The highest BCUT2D eigenvalue weighted by Crippen LogP contribution is 2.31. The molecule has 9 nitrogen and oxygen atoms in total. The van der Waals surface area contributed by atoms with Gasteiger partial charge in [-0.3, -0.25) is 0 Å². The number of hydrogen-bond acceptors (Lipinski definition) is 8. The first kappa shape index (κ1) is 23.2. The number of benzene rings is 1. The lowest BCUT2D eigenvalue weighted by Crippen LogP contribution is -2.29. The van der Waals surface area contributed by atoms with Gasteiger partial charge in [-0.15, -0.1) is 0 Å². The van der Waals surface area contributed by atoms with E-state index in [1.165, 1.54) is 0 Å². The van der Waals surface area contributed by atoms with Crippen LogP contribution in [0.15, 0.2) is 55.0 Å². The van der Waals surface area contributed by atoms with Crippen LogP contribution in [0.2, 0.25) is 0 Å². The summed E-state index contributed by atoms with van der Waals surface area (Å²) in [6.45, 7) is 4.11. The Balaban J connectivity index is 1.52. The highest BCUT2D eigenvalue weighted by Gasteiger charge is 2.20. The Morgan fingerprint density at radius 1 is 1.23 bits per heavy atom. The maximum absolute atomic E-state index is 9.98. The van der Waals surface area contributed by atoms with Crippen LogP contribution < -0.4 is 15.4 Å². The van der Waals surface area contributed by atoms with E-state index < -0.39 is 6.10 Å². The molecule has 1 aliphatic rings. The Bertz CT molecular complexity index is 1300. The average molecular weight is 475 g/mol. The topological polar surface area (TPSA) is 106 Å². The van der Waals surface area contributed by atoms with E-state index in [4.69, 9.17) is 19.4 Å². The van der Waals surface area contributed by atoms with E-state index in [0.29, 0.717) is 24.7 Å². The normalized spacial score (nSPS) is 16.5. The van der Waals surface area contributed by atoms with Crippen molar-refractivity contribution in [1.29, 1.82) is 0 Å². The van der Waals surface area contributed by atoms with Crippen LogP contribution in [-0.2, 0) is 4.74 Å². The van der Waals surface area contributed by atoms with Gasteiger partial charge in [-0.05, 0) is 44.7 Å². The molecular weight excluding hydrogens is 444 g/mol. The van der Waals surface area contributed by atoms with Crippen LogP contribution in [0.3, 0.4) is 0 Å². The number of nitrogens with one attached hydrogen (secondary N) is 2. The SMILES string of the molecule is CNCC(O)COc1cccc(-c2nc(N[C@@H]3CCOC3)c(C)c(-c3ccc4nccn4c3)n2)c1. The van der Waals surface area contributed by atoms with Crippen molar-refractivity contribution >= 4 is 11.5 Å². The summed E-state index contributed by atoms with van der Waals surface area (Å²) in [4.78, 5) is 14.2. The van der Waals surface area contributed by atoms with Crippen LogP contribution in [0.4, 0.5) is 5.82 Å². The number of rotatable bonds is 9. The Morgan fingerprint density at radius 2 is 2.14 bits per heavy atom. The van der Waals surface area contributed by atoms with E-state index in [-0.39, 0.29) is 12.6 Å². The van der Waals surface area contributed by atoms with E-state index in [0.717, 1.165) is 46.9 Å². The fourth-order valence-corrected chi connectivity index (χ4v) is 4.18. The lowest BCUT2D eigenvalue weighted by atomic mass is 10.1. The number of anilines is 1. The van der Waals surface area contributed by atoms with E-state index in [1.54, 1.807) is 13.2 Å². The van der Waals surface area contributed by atoms with Crippen LogP contribution in [0.1, 0.15) is 12.0 Å². The van der Waals surface area contributed by atoms with Crippen LogP contribution in [0, 0.1) is 6.92 Å². The molecule has 0 spiro atoms. The third kappa shape index (κ3) is 5.27. The van der Waals surface area contributed by atoms with Crippen molar-refractivity contribution in [1.82, 2.24) is 24.7 Å². The molecule has 1 unspecified atom stereocenters. The number of likely N-dealkylation sites (N-methyl/N-ethyl adjacent to an activating group) is 1. The Labute approximate surface area is 204 Å². The van der Waals surface area contributed by atoms with Crippen LogP contribution in [0.25, 0.3) is 28.3 Å². The zero-order valence-corrected chi connectivity index (χ0v) is 19.9. The van der Waals surface area contributed by atoms with Crippen molar-refractivity contribution in [2.45, 2.75) is 25.5 Å². The zero-order chi connectivity index (χ0) is 24.2. The number of aliphatic hydroxyl groups excluding tert-OH is 1. The van der Waals surface area contributed by atoms with Crippen molar-refractivity contribution in [2.75, 3.05) is 38.7 Å². The van der Waals surface area contributed by atoms with Crippen molar-refractivity contribution < 1.29 is 14.6 Å². The quantitative estimate of drug-likeness (QED) is 0.340. The monoisotopic (exact) mass is 474 g/mol. The first-order valence-corrected chi connectivity index (χ1v) is 11.8. The minimum atomic E-state index is -0.589. The van der Waals surface area contributed by atoms with E-state index in [1.807, 2.05) is 60.1 Å². The van der Waals surface area contributed by atoms with Crippen molar-refractivity contribution in [2.24, 2.45) is 0 Å². The lowest BCUT2D eigenvalue weighted by molar-refractivity contribution is 0.108. The summed E-state index contributed by atoms with van der Waals surface area (Å²) in [5, 5.41) is 16.5. The molecule has 35 heavy (non-hydrogen) atoms. The Morgan fingerprint density at radius 3 is 2.97 bits per heavy atom. The van der Waals surface area contributed by atoms with E-state index in [9.17, 15) is 5.11 Å². The van der Waals surface area contributed by atoms with Gasteiger partial charge in [-0.25, -0.2) is 15.0 Å². The van der Waals surface area contributed by atoms with Gasteiger partial charge in [0.1, 0.15) is 29.9 Å². The average Bonchev–Trinajstić information content (AvgIpc) is 3.56. The summed E-state index contributed by atoms with van der Waals surface area (Å²) in [6.07, 6.45) is 6.09. The summed E-state index contributed by atoms with van der Waals surface area (Å²) in [5.74, 6) is 2.04. The molecule has 0 saturated carbocycles. The molecule has 0 bridgehead atoms. The highest BCUT2D eigenvalue weighted by molar-refractivity contribution is 5.73. The molecule has 4 aromatic rings. The maximum atomic E-state index is 9.98. The van der Waals surface area contributed by atoms with E-state index >= 15 is 0 Å². The highest BCUT2D eigenvalue weighted by atomic mass is 16.5. The molecule has 182 valence electrons. The van der Waals surface area contributed by atoms with Gasteiger partial charge in [-0.1, -0.05) is 12.1 Å². The Kier molecular flexibility index (Phi) is 6.89. The molecule has 1 fully saturated rings. The lowest BCUT2D eigenvalue weighted by Gasteiger charge is -2.18. The number of fused-ring (bicyclic) bond motifs is 1. The first-order valence-electron chi connectivity index (χ1n) is 11.8. The number of pyridine rings is 1.